The van der Waals surface area contributed by atoms with E-state index in [9.17, 15) is 0 Å². The summed E-state index contributed by atoms with van der Waals surface area (Å²) in [6.07, 6.45) is 3.53. The van der Waals surface area contributed by atoms with E-state index < -0.39 is 0 Å². The molecule has 1 fully saturated rings. The average molecular weight is 308 g/mol. The van der Waals surface area contributed by atoms with Gasteiger partial charge in [0, 0.05) is 24.1 Å². The first-order valence-electron chi connectivity index (χ1n) is 7.96. The van der Waals surface area contributed by atoms with Gasteiger partial charge in [-0.05, 0) is 30.8 Å². The maximum atomic E-state index is 4.74. The standard InChI is InChI=1S/C16H28N4S/c1-5-8-17-13-11-14(18-12-6-9-21-10-7-12)20-15(19-13)16(2,3)4/h11-12H,5-10H2,1-4H3,(H2,17,18,19,20). The van der Waals surface area contributed by atoms with Crippen molar-refractivity contribution >= 4 is 23.4 Å². The third-order valence-electron chi connectivity index (χ3n) is 3.53. The summed E-state index contributed by atoms with van der Waals surface area (Å²) in [5, 5.41) is 6.99. The van der Waals surface area contributed by atoms with E-state index >= 15 is 0 Å². The van der Waals surface area contributed by atoms with Gasteiger partial charge in [0.2, 0.25) is 0 Å². The third-order valence-corrected chi connectivity index (χ3v) is 4.58. The van der Waals surface area contributed by atoms with Crippen LogP contribution in [0.2, 0.25) is 0 Å². The molecule has 2 heterocycles. The summed E-state index contributed by atoms with van der Waals surface area (Å²) in [5.41, 5.74) is -0.0389. The molecule has 0 amide bonds. The quantitative estimate of drug-likeness (QED) is 0.864. The van der Waals surface area contributed by atoms with Crippen molar-refractivity contribution in [3.63, 3.8) is 0 Å². The number of anilines is 2. The lowest BCUT2D eigenvalue weighted by Crippen LogP contribution is -2.26. The lowest BCUT2D eigenvalue weighted by atomic mass is 9.96. The molecule has 2 N–H and O–H groups in total. The molecular weight excluding hydrogens is 280 g/mol. The molecule has 0 unspecified atom stereocenters. The van der Waals surface area contributed by atoms with Crippen molar-refractivity contribution < 1.29 is 0 Å². The Balaban J connectivity index is 2.17. The van der Waals surface area contributed by atoms with Gasteiger partial charge in [0.1, 0.15) is 17.5 Å². The lowest BCUT2D eigenvalue weighted by Gasteiger charge is -2.25. The van der Waals surface area contributed by atoms with E-state index in [1.54, 1.807) is 0 Å². The Morgan fingerprint density at radius 2 is 1.86 bits per heavy atom. The molecule has 5 heteroatoms. The highest BCUT2D eigenvalue weighted by molar-refractivity contribution is 7.99. The highest BCUT2D eigenvalue weighted by Crippen LogP contribution is 2.25. The van der Waals surface area contributed by atoms with Crippen LogP contribution in [0.15, 0.2) is 6.07 Å². The fourth-order valence-electron chi connectivity index (χ4n) is 2.25. The van der Waals surface area contributed by atoms with Crippen LogP contribution in [0.4, 0.5) is 11.6 Å². The van der Waals surface area contributed by atoms with Gasteiger partial charge >= 0.3 is 0 Å². The molecule has 0 spiro atoms. The van der Waals surface area contributed by atoms with Gasteiger partial charge in [-0.3, -0.25) is 0 Å². The van der Waals surface area contributed by atoms with Gasteiger partial charge in [0.15, 0.2) is 0 Å². The topological polar surface area (TPSA) is 49.8 Å². The van der Waals surface area contributed by atoms with Crippen LogP contribution in [0.1, 0.15) is 52.8 Å². The van der Waals surface area contributed by atoms with E-state index in [2.05, 4.69) is 43.3 Å². The predicted molar refractivity (Wildman–Crippen MR) is 93.5 cm³/mol. The Hall–Kier alpha value is -0.970. The maximum Gasteiger partial charge on any atom is 0.138 e. The summed E-state index contributed by atoms with van der Waals surface area (Å²) < 4.78 is 0. The van der Waals surface area contributed by atoms with Crippen LogP contribution < -0.4 is 10.6 Å². The monoisotopic (exact) mass is 308 g/mol. The van der Waals surface area contributed by atoms with E-state index in [1.807, 2.05) is 17.8 Å². The van der Waals surface area contributed by atoms with Crippen molar-refractivity contribution in [1.82, 2.24) is 9.97 Å². The summed E-state index contributed by atoms with van der Waals surface area (Å²) in [6.45, 7) is 9.59. The zero-order valence-electron chi connectivity index (χ0n) is 13.7. The Morgan fingerprint density at radius 1 is 1.19 bits per heavy atom. The lowest BCUT2D eigenvalue weighted by molar-refractivity contribution is 0.545. The molecule has 1 aromatic rings. The molecule has 1 aliphatic heterocycles. The molecule has 21 heavy (non-hydrogen) atoms. The molecule has 118 valence electrons. The molecule has 2 rings (SSSR count). The van der Waals surface area contributed by atoms with Crippen molar-refractivity contribution in [2.45, 2.75) is 58.4 Å². The van der Waals surface area contributed by atoms with Crippen LogP contribution in [0.25, 0.3) is 0 Å². The van der Waals surface area contributed by atoms with E-state index in [4.69, 9.17) is 4.98 Å². The van der Waals surface area contributed by atoms with Gasteiger partial charge < -0.3 is 10.6 Å². The number of thioether (sulfide) groups is 1. The molecule has 0 aromatic carbocycles. The molecular formula is C16H28N4S. The number of hydrogen-bond acceptors (Lipinski definition) is 5. The van der Waals surface area contributed by atoms with Gasteiger partial charge in [-0.25, -0.2) is 9.97 Å². The van der Waals surface area contributed by atoms with Crippen molar-refractivity contribution in [2.24, 2.45) is 0 Å². The first-order chi connectivity index (χ1) is 9.99. The number of nitrogens with one attached hydrogen (secondary N) is 2. The summed E-state index contributed by atoms with van der Waals surface area (Å²) in [5.74, 6) is 5.29. The minimum Gasteiger partial charge on any atom is -0.370 e. The van der Waals surface area contributed by atoms with Crippen molar-refractivity contribution in [3.8, 4) is 0 Å². The Morgan fingerprint density at radius 3 is 2.48 bits per heavy atom. The van der Waals surface area contributed by atoms with Gasteiger partial charge in [0.25, 0.3) is 0 Å². The number of rotatable bonds is 5. The largest absolute Gasteiger partial charge is 0.370 e. The first-order valence-corrected chi connectivity index (χ1v) is 9.12. The molecule has 0 saturated carbocycles. The summed E-state index contributed by atoms with van der Waals surface area (Å²) in [7, 11) is 0. The van der Waals surface area contributed by atoms with Crippen LogP contribution in [0.5, 0.6) is 0 Å². The molecule has 1 saturated heterocycles. The molecule has 0 bridgehead atoms. The van der Waals surface area contributed by atoms with Gasteiger partial charge in [-0.2, -0.15) is 11.8 Å². The molecule has 4 nitrogen and oxygen atoms in total. The molecule has 0 atom stereocenters. The van der Waals surface area contributed by atoms with E-state index in [-0.39, 0.29) is 5.41 Å². The van der Waals surface area contributed by atoms with Gasteiger partial charge in [-0.1, -0.05) is 27.7 Å². The number of nitrogens with zero attached hydrogens (tertiary/aromatic N) is 2. The summed E-state index contributed by atoms with van der Waals surface area (Å²) in [4.78, 5) is 9.41. The van der Waals surface area contributed by atoms with Crippen LogP contribution in [-0.4, -0.2) is 34.1 Å². The molecule has 1 aromatic heterocycles. The van der Waals surface area contributed by atoms with E-state index in [0.717, 1.165) is 30.4 Å². The Bertz CT molecular complexity index is 450. The normalized spacial score (nSPS) is 16.8. The predicted octanol–water partition coefficient (Wildman–Crippen LogP) is 3.90. The zero-order valence-corrected chi connectivity index (χ0v) is 14.5. The fraction of sp³-hybridized carbons (Fsp3) is 0.750. The van der Waals surface area contributed by atoms with Crippen LogP contribution >= 0.6 is 11.8 Å². The van der Waals surface area contributed by atoms with Crippen LogP contribution in [0, 0.1) is 0 Å². The second-order valence-electron chi connectivity index (χ2n) is 6.67. The Kier molecular flexibility index (Phi) is 5.73. The van der Waals surface area contributed by atoms with Gasteiger partial charge in [-0.15, -0.1) is 0 Å². The minimum atomic E-state index is -0.0389. The van der Waals surface area contributed by atoms with Crippen LogP contribution in [-0.2, 0) is 5.41 Å². The number of hydrogen-bond donors (Lipinski definition) is 2. The molecule has 1 aliphatic rings. The van der Waals surface area contributed by atoms with E-state index in [1.165, 1.54) is 24.3 Å². The Labute approximate surface area is 132 Å². The minimum absolute atomic E-state index is 0.0389. The number of aromatic nitrogens is 2. The smallest absolute Gasteiger partial charge is 0.138 e. The highest BCUT2D eigenvalue weighted by atomic mass is 32.2. The second-order valence-corrected chi connectivity index (χ2v) is 7.89. The molecule has 0 radical (unpaired) electrons. The highest BCUT2D eigenvalue weighted by Gasteiger charge is 2.20. The second kappa shape index (κ2) is 7.34. The van der Waals surface area contributed by atoms with Crippen LogP contribution in [0.3, 0.4) is 0 Å². The zero-order chi connectivity index (χ0) is 15.3. The SMILES string of the molecule is CCCNc1cc(NC2CCSCC2)nc(C(C)(C)C)n1. The summed E-state index contributed by atoms with van der Waals surface area (Å²) >= 11 is 2.05. The maximum absolute atomic E-state index is 4.74. The van der Waals surface area contributed by atoms with E-state index in [0.29, 0.717) is 6.04 Å². The van der Waals surface area contributed by atoms with Crippen molar-refractivity contribution in [1.29, 1.82) is 0 Å². The average Bonchev–Trinajstić information content (AvgIpc) is 2.45. The van der Waals surface area contributed by atoms with Gasteiger partial charge in [0.05, 0.1) is 0 Å². The van der Waals surface area contributed by atoms with Crippen molar-refractivity contribution in [2.75, 3.05) is 28.7 Å². The van der Waals surface area contributed by atoms with Crippen molar-refractivity contribution in [3.05, 3.63) is 11.9 Å². The molecule has 0 aliphatic carbocycles. The fourth-order valence-corrected chi connectivity index (χ4v) is 3.36. The summed E-state index contributed by atoms with van der Waals surface area (Å²) in [6, 6.07) is 2.60. The first kappa shape index (κ1) is 16.4. The third kappa shape index (κ3) is 5.06.